The van der Waals surface area contributed by atoms with E-state index in [9.17, 15) is 9.90 Å². The summed E-state index contributed by atoms with van der Waals surface area (Å²) in [5, 5.41) is 18.0. The lowest BCUT2D eigenvalue weighted by atomic mass is 9.95. The second-order valence-electron chi connectivity index (χ2n) is 6.11. The fourth-order valence-corrected chi connectivity index (χ4v) is 5.17. The summed E-state index contributed by atoms with van der Waals surface area (Å²) in [6.45, 7) is 0. The topological polar surface area (TPSA) is 61.4 Å². The Kier molecular flexibility index (Phi) is 4.05. The molecule has 3 N–H and O–H groups in total. The second kappa shape index (κ2) is 6.19. The highest BCUT2D eigenvalue weighted by Crippen LogP contribution is 2.33. The zero-order valence-corrected chi connectivity index (χ0v) is 14.1. The van der Waals surface area contributed by atoms with E-state index in [1.165, 1.54) is 24.2 Å². The summed E-state index contributed by atoms with van der Waals surface area (Å²) in [6, 6.07) is 10.4. The van der Waals surface area contributed by atoms with Crippen LogP contribution in [-0.4, -0.2) is 29.1 Å². The normalized spacial score (nSPS) is 25.7. The molecule has 0 spiro atoms. The lowest BCUT2D eigenvalue weighted by Crippen LogP contribution is -2.42. The van der Waals surface area contributed by atoms with Crippen molar-refractivity contribution in [3.63, 3.8) is 0 Å². The Morgan fingerprint density at radius 1 is 1.26 bits per heavy atom. The van der Waals surface area contributed by atoms with Crippen molar-refractivity contribution in [1.82, 2.24) is 10.6 Å². The number of rotatable bonds is 4. The van der Waals surface area contributed by atoms with Crippen LogP contribution in [0.15, 0.2) is 45.5 Å². The number of aromatic hydroxyl groups is 1. The molecule has 1 aromatic carbocycles. The monoisotopic (exact) mass is 346 g/mol. The molecule has 120 valence electrons. The molecule has 4 rings (SSSR count). The van der Waals surface area contributed by atoms with E-state index in [2.05, 4.69) is 10.6 Å². The highest BCUT2D eigenvalue weighted by atomic mass is 32.2. The van der Waals surface area contributed by atoms with Crippen molar-refractivity contribution in [2.75, 3.05) is 0 Å². The highest BCUT2D eigenvalue weighted by molar-refractivity contribution is 7.99. The largest absolute Gasteiger partial charge is 0.508 e. The van der Waals surface area contributed by atoms with Crippen LogP contribution in [0.2, 0.25) is 0 Å². The molecule has 2 saturated heterocycles. The lowest BCUT2D eigenvalue weighted by molar-refractivity contribution is 0.0935. The van der Waals surface area contributed by atoms with E-state index >= 15 is 0 Å². The molecule has 2 aromatic rings. The molecule has 6 heteroatoms. The van der Waals surface area contributed by atoms with Crippen molar-refractivity contribution in [3.05, 3.63) is 40.6 Å². The van der Waals surface area contributed by atoms with Gasteiger partial charge >= 0.3 is 0 Å². The fourth-order valence-electron chi connectivity index (χ4n) is 3.36. The Balaban J connectivity index is 1.39. The zero-order chi connectivity index (χ0) is 15.8. The first-order valence-corrected chi connectivity index (χ1v) is 9.49. The van der Waals surface area contributed by atoms with Crippen LogP contribution < -0.4 is 10.6 Å². The molecular formula is C17H18N2O2S2. The Hall–Kier alpha value is -1.50. The summed E-state index contributed by atoms with van der Waals surface area (Å²) in [4.78, 5) is 15.3. The molecule has 2 fully saturated rings. The number of nitrogens with one attached hydrogen (secondary N) is 2. The molecule has 0 unspecified atom stereocenters. The molecule has 0 saturated carbocycles. The first-order valence-electron chi connectivity index (χ1n) is 7.80. The second-order valence-corrected chi connectivity index (χ2v) is 8.16. The van der Waals surface area contributed by atoms with Gasteiger partial charge in [-0.2, -0.15) is 0 Å². The quantitative estimate of drug-likeness (QED) is 0.795. The van der Waals surface area contributed by atoms with Gasteiger partial charge in [0, 0.05) is 33.3 Å². The van der Waals surface area contributed by atoms with Gasteiger partial charge in [0.2, 0.25) is 0 Å². The predicted octanol–water partition coefficient (Wildman–Crippen LogP) is 3.23. The van der Waals surface area contributed by atoms with Gasteiger partial charge in [0.1, 0.15) is 5.75 Å². The number of fused-ring (bicyclic) bond motifs is 2. The van der Waals surface area contributed by atoms with Crippen molar-refractivity contribution in [2.24, 2.45) is 0 Å². The van der Waals surface area contributed by atoms with Gasteiger partial charge < -0.3 is 15.7 Å². The van der Waals surface area contributed by atoms with Crippen LogP contribution >= 0.6 is 23.1 Å². The predicted molar refractivity (Wildman–Crippen MR) is 92.4 cm³/mol. The maximum absolute atomic E-state index is 12.4. The van der Waals surface area contributed by atoms with E-state index in [0.29, 0.717) is 12.1 Å². The summed E-state index contributed by atoms with van der Waals surface area (Å²) < 4.78 is 0. The van der Waals surface area contributed by atoms with Crippen molar-refractivity contribution in [2.45, 2.75) is 47.2 Å². The minimum absolute atomic E-state index is 0.0342. The molecule has 4 nitrogen and oxygen atoms in total. The van der Waals surface area contributed by atoms with Gasteiger partial charge in [0.15, 0.2) is 0 Å². The third kappa shape index (κ3) is 3.24. The number of hydrogen-bond donors (Lipinski definition) is 3. The average molecular weight is 346 g/mol. The van der Waals surface area contributed by atoms with E-state index in [1.807, 2.05) is 23.6 Å². The van der Waals surface area contributed by atoms with E-state index < -0.39 is 0 Å². The Morgan fingerprint density at radius 3 is 2.78 bits per heavy atom. The SMILES string of the molecule is O=C(N[C@@H]1C[C@H]2CC[C@@H]1N2)c1cc(Sc2ccc(O)cc2)cs1. The van der Waals surface area contributed by atoms with Crippen LogP contribution in [0.1, 0.15) is 28.9 Å². The van der Waals surface area contributed by atoms with E-state index in [1.54, 1.807) is 23.9 Å². The molecule has 2 bridgehead atoms. The van der Waals surface area contributed by atoms with Crippen molar-refractivity contribution < 1.29 is 9.90 Å². The Bertz CT molecular complexity index is 714. The van der Waals surface area contributed by atoms with Crippen LogP contribution in [-0.2, 0) is 0 Å². The standard InChI is InChI=1S/C17H18N2O2S2/c20-11-2-4-12(5-3-11)23-13-8-16(22-9-13)17(21)19-15-7-10-1-6-14(15)18-10/h2-5,8-10,14-15,18,20H,1,6-7H2,(H,19,21)/t10-,14+,15-/m1/s1. The minimum Gasteiger partial charge on any atom is -0.508 e. The van der Waals surface area contributed by atoms with Gasteiger partial charge in [0.05, 0.1) is 4.88 Å². The van der Waals surface area contributed by atoms with Crippen molar-refractivity contribution >= 4 is 29.0 Å². The maximum atomic E-state index is 12.4. The summed E-state index contributed by atoms with van der Waals surface area (Å²) in [5.41, 5.74) is 0. The smallest absolute Gasteiger partial charge is 0.261 e. The first-order chi connectivity index (χ1) is 11.2. The zero-order valence-electron chi connectivity index (χ0n) is 12.5. The number of amides is 1. The molecule has 2 aliphatic rings. The minimum atomic E-state index is 0.0342. The summed E-state index contributed by atoms with van der Waals surface area (Å²) >= 11 is 3.08. The number of hydrogen-bond acceptors (Lipinski definition) is 5. The molecule has 2 aliphatic heterocycles. The number of benzene rings is 1. The summed E-state index contributed by atoms with van der Waals surface area (Å²) in [5.74, 6) is 0.297. The van der Waals surface area contributed by atoms with Crippen molar-refractivity contribution in [3.8, 4) is 5.75 Å². The van der Waals surface area contributed by atoms with E-state index in [-0.39, 0.29) is 17.7 Å². The summed E-state index contributed by atoms with van der Waals surface area (Å²) in [6.07, 6.45) is 3.46. The number of phenolic OH excluding ortho intramolecular Hbond substituents is 1. The van der Waals surface area contributed by atoms with Gasteiger partial charge in [-0.3, -0.25) is 4.79 Å². The van der Waals surface area contributed by atoms with Gasteiger partial charge in [-0.15, -0.1) is 11.3 Å². The van der Waals surface area contributed by atoms with Crippen LogP contribution in [0.25, 0.3) is 0 Å². The summed E-state index contributed by atoms with van der Waals surface area (Å²) in [7, 11) is 0. The van der Waals surface area contributed by atoms with Gasteiger partial charge in [-0.25, -0.2) is 0 Å². The average Bonchev–Trinajstić information content (AvgIpc) is 3.26. The third-order valence-corrected chi connectivity index (χ3v) is 6.55. The Morgan fingerprint density at radius 2 is 2.09 bits per heavy atom. The van der Waals surface area contributed by atoms with Gasteiger partial charge in [0.25, 0.3) is 5.91 Å². The molecule has 3 heterocycles. The first kappa shape index (κ1) is 15.1. The lowest BCUT2D eigenvalue weighted by Gasteiger charge is -2.20. The molecule has 3 atom stereocenters. The maximum Gasteiger partial charge on any atom is 0.261 e. The fraction of sp³-hybridized carbons (Fsp3) is 0.353. The van der Waals surface area contributed by atoms with Crippen LogP contribution in [0.5, 0.6) is 5.75 Å². The van der Waals surface area contributed by atoms with E-state index in [4.69, 9.17) is 0 Å². The molecule has 0 radical (unpaired) electrons. The molecule has 0 aliphatic carbocycles. The number of carbonyl (C=O) groups is 1. The Labute approximate surface area is 143 Å². The number of phenols is 1. The molecule has 1 aromatic heterocycles. The molecule has 23 heavy (non-hydrogen) atoms. The van der Waals surface area contributed by atoms with Crippen molar-refractivity contribution in [1.29, 1.82) is 0 Å². The molecular weight excluding hydrogens is 328 g/mol. The third-order valence-electron chi connectivity index (χ3n) is 4.49. The highest BCUT2D eigenvalue weighted by Gasteiger charge is 2.39. The number of carbonyl (C=O) groups excluding carboxylic acids is 1. The van der Waals surface area contributed by atoms with Crippen LogP contribution in [0, 0.1) is 0 Å². The van der Waals surface area contributed by atoms with E-state index in [0.717, 1.165) is 21.1 Å². The molecule has 1 amide bonds. The van der Waals surface area contributed by atoms with Crippen LogP contribution in [0.3, 0.4) is 0 Å². The number of thiophene rings is 1. The van der Waals surface area contributed by atoms with Gasteiger partial charge in [-0.1, -0.05) is 11.8 Å². The van der Waals surface area contributed by atoms with Gasteiger partial charge in [-0.05, 0) is 49.6 Å². The van der Waals surface area contributed by atoms with Crippen LogP contribution in [0.4, 0.5) is 0 Å².